The molecule has 2 aliphatic carbocycles. The number of hydrogen-bond donors (Lipinski definition) is 0. The summed E-state index contributed by atoms with van der Waals surface area (Å²) >= 11 is 3.40. The molecule has 4 unspecified atom stereocenters. The molecule has 1 aromatic rings. The number of nitrogens with zero attached hydrogens (tertiary/aromatic N) is 2. The fourth-order valence-electron chi connectivity index (χ4n) is 4.18. The average molecular weight is 405 g/mol. The van der Waals surface area contributed by atoms with Crippen LogP contribution in [0.2, 0.25) is 0 Å². The molecule has 0 spiro atoms. The first kappa shape index (κ1) is 16.3. The van der Waals surface area contributed by atoms with E-state index in [-0.39, 0.29) is 35.5 Å². The lowest BCUT2D eigenvalue weighted by Gasteiger charge is -2.13. The van der Waals surface area contributed by atoms with E-state index in [1.54, 1.807) is 19.2 Å². The van der Waals surface area contributed by atoms with Gasteiger partial charge >= 0.3 is 0 Å². The molecule has 130 valence electrons. The summed E-state index contributed by atoms with van der Waals surface area (Å²) in [5.74, 6) is 0.469. The molecule has 4 rings (SSSR count). The highest BCUT2D eigenvalue weighted by atomic mass is 79.9. The van der Waals surface area contributed by atoms with Crippen LogP contribution >= 0.6 is 15.9 Å². The molecule has 0 N–H and O–H groups in total. The number of carbonyl (C=O) groups is 2. The number of ether oxygens (including phenoxy) is 2. The van der Waals surface area contributed by atoms with Gasteiger partial charge in [0.1, 0.15) is 0 Å². The number of carbonyl (C=O) groups excluding carboxylic acids is 2. The van der Waals surface area contributed by atoms with E-state index >= 15 is 0 Å². The Bertz CT molecular complexity index is 790. The minimum absolute atomic E-state index is 0.173. The highest BCUT2D eigenvalue weighted by Gasteiger charge is 2.59. The van der Waals surface area contributed by atoms with E-state index < -0.39 is 0 Å². The maximum absolute atomic E-state index is 12.6. The largest absolute Gasteiger partial charge is 0.493 e. The number of imide groups is 1. The Balaban J connectivity index is 1.64. The fourth-order valence-corrected chi connectivity index (χ4v) is 4.63. The lowest BCUT2D eigenvalue weighted by Crippen LogP contribution is -2.28. The second-order valence-electron chi connectivity index (χ2n) is 6.46. The van der Waals surface area contributed by atoms with Crippen LogP contribution in [0.3, 0.4) is 0 Å². The first-order valence-electron chi connectivity index (χ1n) is 8.06. The molecule has 7 heteroatoms. The maximum Gasteiger partial charge on any atom is 0.254 e. The summed E-state index contributed by atoms with van der Waals surface area (Å²) in [5.41, 5.74) is 0.618. The Labute approximate surface area is 153 Å². The molecule has 3 aliphatic rings. The van der Waals surface area contributed by atoms with Crippen molar-refractivity contribution >= 4 is 34.0 Å². The standard InChI is InChI=1S/C18H17BrN2O4/c1-24-13-7-12(19)6-11(16(13)25-2)8-20-21-17(22)14-9-3-4-10(5-9)15(14)18(21)23/h3-4,6-10,14-15H,5H2,1-2H3. The smallest absolute Gasteiger partial charge is 0.254 e. The SMILES string of the molecule is COc1cc(Br)cc(C=NN2C(=O)C3C4C=CC(C4)C3C2=O)c1OC. The van der Waals surface area contributed by atoms with Crippen LogP contribution in [0.5, 0.6) is 11.5 Å². The number of methoxy groups -OCH3 is 2. The van der Waals surface area contributed by atoms with Crippen molar-refractivity contribution in [2.75, 3.05) is 14.2 Å². The van der Waals surface area contributed by atoms with Gasteiger partial charge in [-0.3, -0.25) is 9.59 Å². The number of benzene rings is 1. The lowest BCUT2D eigenvalue weighted by molar-refractivity contribution is -0.140. The van der Waals surface area contributed by atoms with E-state index in [9.17, 15) is 9.59 Å². The molecule has 1 heterocycles. The molecule has 2 fully saturated rings. The third kappa shape index (κ3) is 2.40. The van der Waals surface area contributed by atoms with E-state index in [1.165, 1.54) is 13.3 Å². The predicted molar refractivity (Wildman–Crippen MR) is 94.4 cm³/mol. The number of amides is 2. The fraction of sp³-hybridized carbons (Fsp3) is 0.389. The summed E-state index contributed by atoms with van der Waals surface area (Å²) in [7, 11) is 3.08. The summed E-state index contributed by atoms with van der Waals surface area (Å²) in [4.78, 5) is 25.3. The van der Waals surface area contributed by atoms with E-state index in [0.29, 0.717) is 17.1 Å². The van der Waals surface area contributed by atoms with Gasteiger partial charge in [0.2, 0.25) is 0 Å². The number of rotatable bonds is 4. The van der Waals surface area contributed by atoms with Crippen molar-refractivity contribution in [1.29, 1.82) is 0 Å². The van der Waals surface area contributed by atoms with Crippen LogP contribution in [0.25, 0.3) is 0 Å². The highest BCUT2D eigenvalue weighted by Crippen LogP contribution is 2.52. The van der Waals surface area contributed by atoms with Crippen LogP contribution in [0, 0.1) is 23.7 Å². The van der Waals surface area contributed by atoms with Crippen molar-refractivity contribution in [2.45, 2.75) is 6.42 Å². The van der Waals surface area contributed by atoms with Gasteiger partial charge < -0.3 is 9.47 Å². The molecule has 0 radical (unpaired) electrons. The van der Waals surface area contributed by atoms with Gasteiger partial charge in [0.05, 0.1) is 32.3 Å². The normalized spacial score (nSPS) is 29.8. The van der Waals surface area contributed by atoms with Crippen LogP contribution in [0.15, 0.2) is 33.9 Å². The minimum Gasteiger partial charge on any atom is -0.493 e. The molecule has 1 aromatic carbocycles. The second-order valence-corrected chi connectivity index (χ2v) is 7.38. The molecule has 1 saturated heterocycles. The van der Waals surface area contributed by atoms with Crippen molar-refractivity contribution in [2.24, 2.45) is 28.8 Å². The quantitative estimate of drug-likeness (QED) is 0.439. The van der Waals surface area contributed by atoms with Gasteiger partial charge in [-0.05, 0) is 30.4 Å². The zero-order valence-electron chi connectivity index (χ0n) is 13.8. The maximum atomic E-state index is 12.6. The number of fused-ring (bicyclic) bond motifs is 5. The monoisotopic (exact) mass is 404 g/mol. The van der Waals surface area contributed by atoms with Crippen molar-refractivity contribution in [3.63, 3.8) is 0 Å². The van der Waals surface area contributed by atoms with Crippen LogP contribution in [-0.2, 0) is 9.59 Å². The van der Waals surface area contributed by atoms with Gasteiger partial charge in [0.15, 0.2) is 11.5 Å². The molecule has 25 heavy (non-hydrogen) atoms. The van der Waals surface area contributed by atoms with Crippen molar-refractivity contribution in [3.8, 4) is 11.5 Å². The summed E-state index contributed by atoms with van der Waals surface area (Å²) < 4.78 is 11.5. The number of hydrazone groups is 1. The molecule has 6 nitrogen and oxygen atoms in total. The topological polar surface area (TPSA) is 68.2 Å². The minimum atomic E-state index is -0.251. The first-order valence-corrected chi connectivity index (χ1v) is 8.86. The van der Waals surface area contributed by atoms with E-state index in [0.717, 1.165) is 15.9 Å². The van der Waals surface area contributed by atoms with Crippen molar-refractivity contribution in [3.05, 3.63) is 34.3 Å². The zero-order valence-corrected chi connectivity index (χ0v) is 15.4. The van der Waals surface area contributed by atoms with Gasteiger partial charge in [0, 0.05) is 10.0 Å². The highest BCUT2D eigenvalue weighted by molar-refractivity contribution is 9.10. The zero-order chi connectivity index (χ0) is 17.7. The van der Waals surface area contributed by atoms with Crippen LogP contribution in [0.1, 0.15) is 12.0 Å². The predicted octanol–water partition coefficient (Wildman–Crippen LogP) is 2.61. The van der Waals surface area contributed by atoms with Crippen LogP contribution in [-0.4, -0.2) is 37.3 Å². The Morgan fingerprint density at radius 3 is 2.32 bits per heavy atom. The third-order valence-corrected chi connectivity index (χ3v) is 5.69. The van der Waals surface area contributed by atoms with Crippen molar-refractivity contribution in [1.82, 2.24) is 5.01 Å². The molecule has 1 saturated carbocycles. The molecule has 1 aliphatic heterocycles. The summed E-state index contributed by atoms with van der Waals surface area (Å²) in [6.07, 6.45) is 6.50. The van der Waals surface area contributed by atoms with E-state index in [4.69, 9.17) is 9.47 Å². The molecule has 2 bridgehead atoms. The molecular weight excluding hydrogens is 388 g/mol. The van der Waals surface area contributed by atoms with Crippen molar-refractivity contribution < 1.29 is 19.1 Å². The van der Waals surface area contributed by atoms with Gasteiger partial charge in [-0.25, -0.2) is 0 Å². The lowest BCUT2D eigenvalue weighted by atomic mass is 9.85. The summed E-state index contributed by atoms with van der Waals surface area (Å²) in [6, 6.07) is 3.57. The third-order valence-electron chi connectivity index (χ3n) is 5.23. The van der Waals surface area contributed by atoms with E-state index in [2.05, 4.69) is 33.2 Å². The van der Waals surface area contributed by atoms with Gasteiger partial charge in [-0.1, -0.05) is 28.1 Å². The second kappa shape index (κ2) is 5.98. The Morgan fingerprint density at radius 2 is 1.76 bits per heavy atom. The number of hydrogen-bond acceptors (Lipinski definition) is 5. The van der Waals surface area contributed by atoms with Gasteiger partial charge in [0.25, 0.3) is 11.8 Å². The van der Waals surface area contributed by atoms with Crippen LogP contribution in [0.4, 0.5) is 0 Å². The Morgan fingerprint density at radius 1 is 1.12 bits per heavy atom. The summed E-state index contributed by atoms with van der Waals surface area (Å²) in [5, 5.41) is 5.21. The van der Waals surface area contributed by atoms with E-state index in [1.807, 2.05) is 0 Å². The Kier molecular flexibility index (Phi) is 3.91. The molecule has 2 amide bonds. The van der Waals surface area contributed by atoms with Gasteiger partial charge in [-0.2, -0.15) is 10.1 Å². The Hall–Kier alpha value is -2.15. The number of halogens is 1. The first-order chi connectivity index (χ1) is 12.0. The van der Waals surface area contributed by atoms with Gasteiger partial charge in [-0.15, -0.1) is 0 Å². The average Bonchev–Trinajstić information content (AvgIpc) is 3.27. The number of allylic oxidation sites excluding steroid dienone is 2. The molecular formula is C18H17BrN2O4. The summed E-state index contributed by atoms with van der Waals surface area (Å²) in [6.45, 7) is 0. The molecule has 4 atom stereocenters. The van der Waals surface area contributed by atoms with Crippen LogP contribution < -0.4 is 9.47 Å². The molecule has 0 aromatic heterocycles.